The molecule has 1 aromatic rings. The van der Waals surface area contributed by atoms with Crippen LogP contribution in [0.5, 0.6) is 0 Å². The van der Waals surface area contributed by atoms with Crippen LogP contribution in [0.2, 0.25) is 0 Å². The van der Waals surface area contributed by atoms with E-state index in [9.17, 15) is 4.79 Å². The summed E-state index contributed by atoms with van der Waals surface area (Å²) in [5.41, 5.74) is 6.88. The molecule has 5 nitrogen and oxygen atoms in total. The zero-order valence-electron chi connectivity index (χ0n) is 10.5. The molecule has 0 bridgehead atoms. The third-order valence-electron chi connectivity index (χ3n) is 3.47. The zero-order valence-corrected chi connectivity index (χ0v) is 10.5. The van der Waals surface area contributed by atoms with Gasteiger partial charge < -0.3 is 10.6 Å². The second-order valence-corrected chi connectivity index (χ2v) is 4.77. The SMILES string of the molecule is C[C@@H](N)C(=O)N1CCC(c2ccnn2C)CC1. The van der Waals surface area contributed by atoms with E-state index in [1.54, 1.807) is 6.92 Å². The first-order valence-corrected chi connectivity index (χ1v) is 6.12. The topological polar surface area (TPSA) is 64.2 Å². The van der Waals surface area contributed by atoms with Gasteiger partial charge in [-0.25, -0.2) is 0 Å². The fraction of sp³-hybridized carbons (Fsp3) is 0.667. The molecule has 1 saturated heterocycles. The van der Waals surface area contributed by atoms with Crippen LogP contribution in [0.25, 0.3) is 0 Å². The molecule has 94 valence electrons. The number of piperidine rings is 1. The minimum atomic E-state index is -0.386. The maximum atomic E-state index is 11.7. The van der Waals surface area contributed by atoms with E-state index in [4.69, 9.17) is 5.73 Å². The van der Waals surface area contributed by atoms with Gasteiger partial charge in [-0.3, -0.25) is 9.48 Å². The molecule has 1 atom stereocenters. The van der Waals surface area contributed by atoms with Crippen LogP contribution in [0, 0.1) is 0 Å². The van der Waals surface area contributed by atoms with E-state index < -0.39 is 0 Å². The number of nitrogens with zero attached hydrogens (tertiary/aromatic N) is 3. The number of hydrogen-bond donors (Lipinski definition) is 1. The van der Waals surface area contributed by atoms with E-state index in [2.05, 4.69) is 11.2 Å². The summed E-state index contributed by atoms with van der Waals surface area (Å²) in [4.78, 5) is 13.6. The predicted molar refractivity (Wildman–Crippen MR) is 65.4 cm³/mol. The minimum absolute atomic E-state index is 0.0634. The average Bonchev–Trinajstić information content (AvgIpc) is 2.74. The first-order chi connectivity index (χ1) is 8.09. The van der Waals surface area contributed by atoms with Crippen LogP contribution in [0.1, 0.15) is 31.4 Å². The summed E-state index contributed by atoms with van der Waals surface area (Å²) in [6, 6.07) is 1.68. The number of hydrogen-bond acceptors (Lipinski definition) is 3. The fourth-order valence-electron chi connectivity index (χ4n) is 2.47. The van der Waals surface area contributed by atoms with Crippen LogP contribution in [0.15, 0.2) is 12.3 Å². The second-order valence-electron chi connectivity index (χ2n) is 4.77. The Balaban J connectivity index is 1.95. The first-order valence-electron chi connectivity index (χ1n) is 6.12. The fourth-order valence-corrected chi connectivity index (χ4v) is 2.47. The smallest absolute Gasteiger partial charge is 0.239 e. The predicted octanol–water partition coefficient (Wildman–Crippen LogP) is 0.473. The van der Waals surface area contributed by atoms with Gasteiger partial charge in [-0.05, 0) is 25.8 Å². The molecule has 1 aliphatic heterocycles. The van der Waals surface area contributed by atoms with Gasteiger partial charge in [0.2, 0.25) is 5.91 Å². The van der Waals surface area contributed by atoms with Crippen molar-refractivity contribution in [3.63, 3.8) is 0 Å². The van der Waals surface area contributed by atoms with Gasteiger partial charge >= 0.3 is 0 Å². The molecule has 0 aliphatic carbocycles. The van der Waals surface area contributed by atoms with Crippen molar-refractivity contribution in [2.24, 2.45) is 12.8 Å². The van der Waals surface area contributed by atoms with Crippen molar-refractivity contribution in [2.75, 3.05) is 13.1 Å². The monoisotopic (exact) mass is 236 g/mol. The largest absolute Gasteiger partial charge is 0.341 e. The number of carbonyl (C=O) groups is 1. The molecule has 2 N–H and O–H groups in total. The Labute approximate surface area is 102 Å². The third-order valence-corrected chi connectivity index (χ3v) is 3.47. The maximum absolute atomic E-state index is 11.7. The molecule has 2 heterocycles. The molecule has 0 spiro atoms. The van der Waals surface area contributed by atoms with Crippen LogP contribution in [-0.2, 0) is 11.8 Å². The van der Waals surface area contributed by atoms with Crippen molar-refractivity contribution < 1.29 is 4.79 Å². The third kappa shape index (κ3) is 2.49. The Morgan fingerprint density at radius 2 is 2.18 bits per heavy atom. The molecule has 0 saturated carbocycles. The molecule has 0 aromatic carbocycles. The molecule has 17 heavy (non-hydrogen) atoms. The molecular formula is C12H20N4O. The van der Waals surface area contributed by atoms with Gasteiger partial charge in [0.15, 0.2) is 0 Å². The molecular weight excluding hydrogens is 216 g/mol. The van der Waals surface area contributed by atoms with E-state index in [0.29, 0.717) is 5.92 Å². The Hall–Kier alpha value is -1.36. The van der Waals surface area contributed by atoms with Crippen molar-refractivity contribution in [3.05, 3.63) is 18.0 Å². The van der Waals surface area contributed by atoms with Gasteiger partial charge in [-0.2, -0.15) is 5.10 Å². The molecule has 1 aromatic heterocycles. The first kappa shape index (κ1) is 12.1. The van der Waals surface area contributed by atoms with Crippen LogP contribution in [0.3, 0.4) is 0 Å². The summed E-state index contributed by atoms with van der Waals surface area (Å²) in [5, 5.41) is 4.19. The van der Waals surface area contributed by atoms with E-state index in [0.717, 1.165) is 25.9 Å². The molecule has 1 aliphatic rings. The van der Waals surface area contributed by atoms with Crippen LogP contribution in [-0.4, -0.2) is 39.7 Å². The number of rotatable bonds is 2. The molecule has 0 radical (unpaired) electrons. The van der Waals surface area contributed by atoms with Crippen molar-refractivity contribution in [1.82, 2.24) is 14.7 Å². The van der Waals surface area contributed by atoms with Crippen molar-refractivity contribution in [3.8, 4) is 0 Å². The lowest BCUT2D eigenvalue weighted by molar-refractivity contribution is -0.133. The molecule has 0 unspecified atom stereocenters. The van der Waals surface area contributed by atoms with Crippen LogP contribution in [0.4, 0.5) is 0 Å². The molecule has 1 amide bonds. The maximum Gasteiger partial charge on any atom is 0.239 e. The number of amides is 1. The van der Waals surface area contributed by atoms with Crippen LogP contribution >= 0.6 is 0 Å². The zero-order chi connectivity index (χ0) is 12.4. The van der Waals surface area contributed by atoms with E-state index in [1.807, 2.05) is 22.8 Å². The number of aromatic nitrogens is 2. The molecule has 1 fully saturated rings. The van der Waals surface area contributed by atoms with Crippen molar-refractivity contribution >= 4 is 5.91 Å². The highest BCUT2D eigenvalue weighted by Crippen LogP contribution is 2.27. The number of nitrogens with two attached hydrogens (primary N) is 1. The Bertz CT molecular complexity index is 391. The van der Waals surface area contributed by atoms with Gasteiger partial charge in [0.1, 0.15) is 0 Å². The normalized spacial score (nSPS) is 19.4. The number of aryl methyl sites for hydroxylation is 1. The van der Waals surface area contributed by atoms with Crippen molar-refractivity contribution in [1.29, 1.82) is 0 Å². The lowest BCUT2D eigenvalue weighted by Gasteiger charge is -2.33. The second kappa shape index (κ2) is 4.87. The van der Waals surface area contributed by atoms with E-state index in [-0.39, 0.29) is 11.9 Å². The summed E-state index contributed by atoms with van der Waals surface area (Å²) < 4.78 is 1.92. The summed E-state index contributed by atoms with van der Waals surface area (Å²) >= 11 is 0. The summed E-state index contributed by atoms with van der Waals surface area (Å²) in [5.74, 6) is 0.577. The van der Waals surface area contributed by atoms with Gasteiger partial charge in [0.25, 0.3) is 0 Å². The highest BCUT2D eigenvalue weighted by molar-refractivity contribution is 5.81. The summed E-state index contributed by atoms with van der Waals surface area (Å²) in [7, 11) is 1.97. The standard InChI is InChI=1S/C12H20N4O/c1-9(13)12(17)16-7-4-10(5-8-16)11-3-6-14-15(11)2/h3,6,9-10H,4-5,7-8,13H2,1-2H3/t9-/m1/s1. The Kier molecular flexibility index (Phi) is 3.47. The minimum Gasteiger partial charge on any atom is -0.341 e. The van der Waals surface area contributed by atoms with E-state index in [1.165, 1.54) is 5.69 Å². The van der Waals surface area contributed by atoms with Crippen molar-refractivity contribution in [2.45, 2.75) is 31.7 Å². The van der Waals surface area contributed by atoms with Crippen LogP contribution < -0.4 is 5.73 Å². The lowest BCUT2D eigenvalue weighted by Crippen LogP contribution is -2.45. The average molecular weight is 236 g/mol. The summed E-state index contributed by atoms with van der Waals surface area (Å²) in [6.07, 6.45) is 3.82. The number of likely N-dealkylation sites (tertiary alicyclic amines) is 1. The van der Waals surface area contributed by atoms with E-state index >= 15 is 0 Å². The van der Waals surface area contributed by atoms with Gasteiger partial charge in [-0.1, -0.05) is 0 Å². The van der Waals surface area contributed by atoms with Gasteiger partial charge in [0.05, 0.1) is 6.04 Å². The summed E-state index contributed by atoms with van der Waals surface area (Å²) in [6.45, 7) is 3.35. The highest BCUT2D eigenvalue weighted by Gasteiger charge is 2.26. The van der Waals surface area contributed by atoms with Gasteiger partial charge in [-0.15, -0.1) is 0 Å². The Morgan fingerprint density at radius 3 is 2.65 bits per heavy atom. The highest BCUT2D eigenvalue weighted by atomic mass is 16.2. The quantitative estimate of drug-likeness (QED) is 0.812. The lowest BCUT2D eigenvalue weighted by atomic mass is 9.93. The number of carbonyl (C=O) groups excluding carboxylic acids is 1. The molecule has 5 heteroatoms. The van der Waals surface area contributed by atoms with Gasteiger partial charge in [0, 0.05) is 37.9 Å². The molecule has 2 rings (SSSR count). The Morgan fingerprint density at radius 1 is 1.53 bits per heavy atom.